The number of benzene rings is 2. The standard InChI is InChI=1S/C21H20O6/c1-13-3-4-14(2)16(9-13)17(22)6-8-21(24)25-11-18(23)15-5-7-19-20(10-15)27-12-26-19/h3-5,7,9-10H,6,8,11-12H2,1-2H3. The smallest absolute Gasteiger partial charge is 0.306 e. The Morgan fingerprint density at radius 2 is 1.70 bits per heavy atom. The highest BCUT2D eigenvalue weighted by Crippen LogP contribution is 2.32. The molecule has 0 unspecified atom stereocenters. The van der Waals surface area contributed by atoms with E-state index in [0.29, 0.717) is 22.6 Å². The van der Waals surface area contributed by atoms with Gasteiger partial charge in [-0.05, 0) is 43.7 Å². The van der Waals surface area contributed by atoms with E-state index in [9.17, 15) is 14.4 Å². The monoisotopic (exact) mass is 368 g/mol. The average Bonchev–Trinajstić information content (AvgIpc) is 3.13. The van der Waals surface area contributed by atoms with Crippen LogP contribution >= 0.6 is 0 Å². The number of fused-ring (bicyclic) bond motifs is 1. The topological polar surface area (TPSA) is 78.9 Å². The van der Waals surface area contributed by atoms with E-state index in [4.69, 9.17) is 14.2 Å². The summed E-state index contributed by atoms with van der Waals surface area (Å²) >= 11 is 0. The largest absolute Gasteiger partial charge is 0.457 e. The zero-order valence-corrected chi connectivity index (χ0v) is 15.2. The molecule has 0 radical (unpaired) electrons. The quantitative estimate of drug-likeness (QED) is 0.550. The number of rotatable bonds is 7. The first kappa shape index (κ1) is 18.6. The minimum absolute atomic E-state index is 0.0430. The Balaban J connectivity index is 1.49. The summed E-state index contributed by atoms with van der Waals surface area (Å²) in [6, 6.07) is 10.4. The van der Waals surface area contributed by atoms with Crippen LogP contribution in [0.1, 0.15) is 44.7 Å². The fourth-order valence-electron chi connectivity index (χ4n) is 2.76. The summed E-state index contributed by atoms with van der Waals surface area (Å²) in [5.74, 6) is 0.0281. The maximum absolute atomic E-state index is 12.3. The van der Waals surface area contributed by atoms with Crippen molar-refractivity contribution >= 4 is 17.5 Å². The predicted molar refractivity (Wildman–Crippen MR) is 97.3 cm³/mol. The number of ketones is 2. The van der Waals surface area contributed by atoms with Crippen molar-refractivity contribution in [2.24, 2.45) is 0 Å². The van der Waals surface area contributed by atoms with Gasteiger partial charge in [0.25, 0.3) is 0 Å². The van der Waals surface area contributed by atoms with Gasteiger partial charge in [-0.2, -0.15) is 0 Å². The van der Waals surface area contributed by atoms with Crippen LogP contribution in [0.4, 0.5) is 0 Å². The molecule has 27 heavy (non-hydrogen) atoms. The van der Waals surface area contributed by atoms with Crippen LogP contribution in [-0.4, -0.2) is 30.9 Å². The minimum Gasteiger partial charge on any atom is -0.457 e. The molecule has 0 spiro atoms. The maximum atomic E-state index is 12.3. The van der Waals surface area contributed by atoms with Gasteiger partial charge >= 0.3 is 5.97 Å². The SMILES string of the molecule is Cc1ccc(C)c(C(=O)CCC(=O)OCC(=O)c2ccc3c(c2)OCO3)c1. The molecular formula is C21H20O6. The van der Waals surface area contributed by atoms with Gasteiger partial charge in [-0.1, -0.05) is 17.7 Å². The summed E-state index contributed by atoms with van der Waals surface area (Å²) in [5, 5.41) is 0. The molecule has 1 aliphatic heterocycles. The van der Waals surface area contributed by atoms with Gasteiger partial charge in [0, 0.05) is 17.5 Å². The third kappa shape index (κ3) is 4.53. The molecule has 0 amide bonds. The number of Topliss-reactive ketones (excluding diaryl/α,β-unsaturated/α-hetero) is 2. The lowest BCUT2D eigenvalue weighted by Crippen LogP contribution is -2.15. The first-order chi connectivity index (χ1) is 12.9. The number of aryl methyl sites for hydroxylation is 2. The van der Waals surface area contributed by atoms with E-state index in [-0.39, 0.29) is 37.8 Å². The van der Waals surface area contributed by atoms with Crippen molar-refractivity contribution in [3.8, 4) is 11.5 Å². The van der Waals surface area contributed by atoms with Crippen LogP contribution in [0.2, 0.25) is 0 Å². The molecule has 6 nitrogen and oxygen atoms in total. The Hall–Kier alpha value is -3.15. The highest BCUT2D eigenvalue weighted by molar-refractivity contribution is 6.00. The molecule has 2 aromatic carbocycles. The molecule has 140 valence electrons. The van der Waals surface area contributed by atoms with Crippen LogP contribution in [0.5, 0.6) is 11.5 Å². The molecule has 0 saturated carbocycles. The van der Waals surface area contributed by atoms with E-state index >= 15 is 0 Å². The van der Waals surface area contributed by atoms with Gasteiger partial charge in [-0.25, -0.2) is 0 Å². The number of carbonyl (C=O) groups is 3. The summed E-state index contributed by atoms with van der Waals surface area (Å²) in [4.78, 5) is 36.3. The number of hydrogen-bond acceptors (Lipinski definition) is 6. The lowest BCUT2D eigenvalue weighted by Gasteiger charge is -2.07. The van der Waals surface area contributed by atoms with Crippen molar-refractivity contribution in [3.63, 3.8) is 0 Å². The van der Waals surface area contributed by atoms with Gasteiger partial charge in [0.05, 0.1) is 6.42 Å². The Bertz CT molecular complexity index is 900. The Morgan fingerprint density at radius 1 is 0.926 bits per heavy atom. The summed E-state index contributed by atoms with van der Waals surface area (Å²) in [6.07, 6.45) is -0.0258. The second-order valence-corrected chi connectivity index (χ2v) is 6.39. The van der Waals surface area contributed by atoms with Crippen molar-refractivity contribution < 1.29 is 28.6 Å². The van der Waals surface area contributed by atoms with Gasteiger partial charge in [-0.15, -0.1) is 0 Å². The van der Waals surface area contributed by atoms with Crippen molar-refractivity contribution in [1.29, 1.82) is 0 Å². The Kier molecular flexibility index (Phi) is 5.54. The maximum Gasteiger partial charge on any atom is 0.306 e. The fraction of sp³-hybridized carbons (Fsp3) is 0.286. The molecule has 0 atom stereocenters. The fourth-order valence-corrected chi connectivity index (χ4v) is 2.76. The van der Waals surface area contributed by atoms with E-state index in [1.807, 2.05) is 32.0 Å². The van der Waals surface area contributed by atoms with Crippen LogP contribution in [-0.2, 0) is 9.53 Å². The highest BCUT2D eigenvalue weighted by Gasteiger charge is 2.18. The number of ether oxygens (including phenoxy) is 3. The first-order valence-electron chi connectivity index (χ1n) is 8.63. The summed E-state index contributed by atoms with van der Waals surface area (Å²) in [7, 11) is 0. The lowest BCUT2D eigenvalue weighted by molar-refractivity contribution is -0.142. The molecule has 0 saturated heterocycles. The summed E-state index contributed by atoms with van der Waals surface area (Å²) in [6.45, 7) is 3.51. The van der Waals surface area contributed by atoms with Crippen LogP contribution < -0.4 is 9.47 Å². The van der Waals surface area contributed by atoms with Crippen molar-refractivity contribution in [2.75, 3.05) is 13.4 Å². The highest BCUT2D eigenvalue weighted by atomic mass is 16.7. The number of hydrogen-bond donors (Lipinski definition) is 0. The van der Waals surface area contributed by atoms with Crippen molar-refractivity contribution in [3.05, 3.63) is 58.7 Å². The lowest BCUT2D eigenvalue weighted by atomic mass is 9.99. The van der Waals surface area contributed by atoms with Crippen LogP contribution in [0.15, 0.2) is 36.4 Å². The molecule has 0 N–H and O–H groups in total. The molecule has 0 bridgehead atoms. The van der Waals surface area contributed by atoms with Gasteiger partial charge in [0.2, 0.25) is 6.79 Å². The molecule has 2 aromatic rings. The zero-order valence-electron chi connectivity index (χ0n) is 15.2. The Morgan fingerprint density at radius 3 is 2.52 bits per heavy atom. The summed E-state index contributed by atoms with van der Waals surface area (Å²) in [5.41, 5.74) is 2.84. The molecule has 0 fully saturated rings. The molecular weight excluding hydrogens is 348 g/mol. The average molecular weight is 368 g/mol. The van der Waals surface area contributed by atoms with E-state index < -0.39 is 5.97 Å². The normalized spacial score (nSPS) is 11.9. The summed E-state index contributed by atoms with van der Waals surface area (Å²) < 4.78 is 15.4. The molecule has 3 rings (SSSR count). The molecule has 1 heterocycles. The molecule has 0 aromatic heterocycles. The second kappa shape index (κ2) is 8.03. The third-order valence-corrected chi connectivity index (χ3v) is 4.31. The van der Waals surface area contributed by atoms with E-state index in [1.54, 1.807) is 18.2 Å². The van der Waals surface area contributed by atoms with Crippen LogP contribution in [0.3, 0.4) is 0 Å². The Labute approximate surface area is 157 Å². The van der Waals surface area contributed by atoms with Crippen LogP contribution in [0.25, 0.3) is 0 Å². The van der Waals surface area contributed by atoms with Gasteiger partial charge in [0.15, 0.2) is 29.7 Å². The van der Waals surface area contributed by atoms with Crippen molar-refractivity contribution in [2.45, 2.75) is 26.7 Å². The molecule has 1 aliphatic rings. The van der Waals surface area contributed by atoms with E-state index in [1.165, 1.54) is 0 Å². The number of carbonyl (C=O) groups excluding carboxylic acids is 3. The molecule has 0 aliphatic carbocycles. The zero-order chi connectivity index (χ0) is 19.4. The van der Waals surface area contributed by atoms with Crippen molar-refractivity contribution in [1.82, 2.24) is 0 Å². The second-order valence-electron chi connectivity index (χ2n) is 6.39. The molecule has 6 heteroatoms. The predicted octanol–water partition coefficient (Wildman–Crippen LogP) is 3.42. The van der Waals surface area contributed by atoms with Gasteiger partial charge < -0.3 is 14.2 Å². The number of esters is 1. The van der Waals surface area contributed by atoms with Gasteiger partial charge in [0.1, 0.15) is 0 Å². The van der Waals surface area contributed by atoms with Crippen LogP contribution in [0, 0.1) is 13.8 Å². The van der Waals surface area contributed by atoms with E-state index in [2.05, 4.69) is 0 Å². The minimum atomic E-state index is -0.581. The van der Waals surface area contributed by atoms with E-state index in [0.717, 1.165) is 11.1 Å². The van der Waals surface area contributed by atoms with Gasteiger partial charge in [-0.3, -0.25) is 14.4 Å². The third-order valence-electron chi connectivity index (χ3n) is 4.31. The first-order valence-corrected chi connectivity index (χ1v) is 8.63.